The van der Waals surface area contributed by atoms with E-state index in [4.69, 9.17) is 27.9 Å². The van der Waals surface area contributed by atoms with E-state index >= 15 is 0 Å². The van der Waals surface area contributed by atoms with Gasteiger partial charge in [0.05, 0.1) is 16.8 Å². The minimum absolute atomic E-state index is 0.0368. The highest BCUT2D eigenvalue weighted by molar-refractivity contribution is 7.92. The molecule has 0 aliphatic carbocycles. The maximum absolute atomic E-state index is 12.5. The van der Waals surface area contributed by atoms with E-state index in [1.807, 2.05) is 0 Å². The molecule has 128 valence electrons. The van der Waals surface area contributed by atoms with Crippen LogP contribution in [0.1, 0.15) is 0 Å². The Bertz CT molecular complexity index is 978. The molecule has 0 fully saturated rings. The summed E-state index contributed by atoms with van der Waals surface area (Å²) < 4.78 is 32.9. The van der Waals surface area contributed by atoms with Crippen molar-refractivity contribution >= 4 is 38.9 Å². The molecule has 1 heterocycles. The minimum atomic E-state index is -3.85. The van der Waals surface area contributed by atoms with Crippen LogP contribution >= 0.6 is 23.2 Å². The zero-order valence-corrected chi connectivity index (χ0v) is 14.9. The summed E-state index contributed by atoms with van der Waals surface area (Å²) in [5, 5.41) is 0.459. The Hall–Kier alpha value is -2.35. The van der Waals surface area contributed by atoms with E-state index in [9.17, 15) is 8.42 Å². The number of nitrogens with zero attached hydrogens (tertiary/aromatic N) is 2. The van der Waals surface area contributed by atoms with Gasteiger partial charge in [-0.2, -0.15) is 0 Å². The average Bonchev–Trinajstić information content (AvgIpc) is 2.55. The second kappa shape index (κ2) is 7.26. The fraction of sp³-hybridized carbons (Fsp3) is 0. The van der Waals surface area contributed by atoms with Gasteiger partial charge in [0.2, 0.25) is 5.88 Å². The van der Waals surface area contributed by atoms with E-state index in [-0.39, 0.29) is 14.9 Å². The Morgan fingerprint density at radius 3 is 2.44 bits per heavy atom. The zero-order valence-electron chi connectivity index (χ0n) is 12.6. The summed E-state index contributed by atoms with van der Waals surface area (Å²) in [6.07, 6.45) is 4.46. The highest BCUT2D eigenvalue weighted by Gasteiger charge is 2.16. The molecule has 0 amide bonds. The van der Waals surface area contributed by atoms with Crippen molar-refractivity contribution < 1.29 is 13.2 Å². The summed E-state index contributed by atoms with van der Waals surface area (Å²) in [6.45, 7) is 0. The topological polar surface area (TPSA) is 81.2 Å². The summed E-state index contributed by atoms with van der Waals surface area (Å²) in [4.78, 5) is 7.85. The van der Waals surface area contributed by atoms with Gasteiger partial charge < -0.3 is 4.74 Å². The second-order valence-corrected chi connectivity index (χ2v) is 7.44. The lowest BCUT2D eigenvalue weighted by Gasteiger charge is -2.10. The number of aromatic nitrogens is 2. The summed E-state index contributed by atoms with van der Waals surface area (Å²) in [7, 11) is -3.85. The van der Waals surface area contributed by atoms with E-state index in [1.165, 1.54) is 42.9 Å². The lowest BCUT2D eigenvalue weighted by Crippen LogP contribution is -2.13. The first-order chi connectivity index (χ1) is 11.9. The monoisotopic (exact) mass is 395 g/mol. The van der Waals surface area contributed by atoms with Crippen LogP contribution in [0.25, 0.3) is 0 Å². The Kier molecular flexibility index (Phi) is 5.08. The van der Waals surface area contributed by atoms with Gasteiger partial charge in [-0.1, -0.05) is 29.3 Å². The lowest BCUT2D eigenvalue weighted by atomic mass is 10.3. The number of benzene rings is 2. The Morgan fingerprint density at radius 2 is 1.76 bits per heavy atom. The van der Waals surface area contributed by atoms with Crippen LogP contribution in [0.5, 0.6) is 11.6 Å². The van der Waals surface area contributed by atoms with Gasteiger partial charge in [0.25, 0.3) is 10.0 Å². The van der Waals surface area contributed by atoms with Gasteiger partial charge in [0.15, 0.2) is 0 Å². The van der Waals surface area contributed by atoms with Crippen molar-refractivity contribution in [2.45, 2.75) is 4.90 Å². The predicted molar refractivity (Wildman–Crippen MR) is 95.8 cm³/mol. The van der Waals surface area contributed by atoms with Crippen molar-refractivity contribution in [2.75, 3.05) is 4.72 Å². The molecule has 3 rings (SSSR count). The first kappa shape index (κ1) is 17.5. The molecule has 25 heavy (non-hydrogen) atoms. The van der Waals surface area contributed by atoms with Gasteiger partial charge in [-0.3, -0.25) is 9.71 Å². The van der Waals surface area contributed by atoms with Crippen LogP contribution in [-0.4, -0.2) is 18.4 Å². The number of halogens is 2. The first-order valence-corrected chi connectivity index (χ1v) is 9.19. The number of hydrogen-bond acceptors (Lipinski definition) is 5. The molecule has 0 saturated heterocycles. The number of rotatable bonds is 5. The second-order valence-electron chi connectivity index (χ2n) is 4.88. The number of ether oxygens (including phenoxy) is 1. The fourth-order valence-corrected chi connectivity index (χ4v) is 3.75. The molecule has 9 heteroatoms. The summed E-state index contributed by atoms with van der Waals surface area (Å²) in [5.41, 5.74) is 0.317. The third-order valence-electron chi connectivity index (χ3n) is 2.99. The van der Waals surface area contributed by atoms with E-state index in [0.717, 1.165) is 0 Å². The lowest BCUT2D eigenvalue weighted by molar-refractivity contribution is 0.460. The molecule has 1 N–H and O–H groups in total. The van der Waals surface area contributed by atoms with Crippen molar-refractivity contribution in [3.8, 4) is 11.6 Å². The third-order valence-corrected chi connectivity index (χ3v) is 4.79. The van der Waals surface area contributed by atoms with Crippen LogP contribution < -0.4 is 9.46 Å². The first-order valence-electron chi connectivity index (χ1n) is 6.95. The Morgan fingerprint density at radius 1 is 1.00 bits per heavy atom. The van der Waals surface area contributed by atoms with E-state index in [2.05, 4.69) is 14.7 Å². The summed E-state index contributed by atoms with van der Waals surface area (Å²) in [6, 6.07) is 10.5. The molecule has 3 aromatic rings. The zero-order chi connectivity index (χ0) is 17.9. The predicted octanol–water partition coefficient (Wildman–Crippen LogP) is 4.38. The number of nitrogens with one attached hydrogen (secondary N) is 1. The van der Waals surface area contributed by atoms with Crippen molar-refractivity contribution in [3.63, 3.8) is 0 Å². The Labute approximate surface area is 154 Å². The molecule has 0 aliphatic rings. The molecule has 0 radical (unpaired) electrons. The average molecular weight is 396 g/mol. The van der Waals surface area contributed by atoms with E-state index < -0.39 is 10.0 Å². The number of anilines is 1. The normalized spacial score (nSPS) is 11.1. The van der Waals surface area contributed by atoms with Crippen LogP contribution in [-0.2, 0) is 10.0 Å². The maximum Gasteiger partial charge on any atom is 0.261 e. The highest BCUT2D eigenvalue weighted by Crippen LogP contribution is 2.26. The van der Waals surface area contributed by atoms with Crippen LogP contribution in [0.2, 0.25) is 10.0 Å². The van der Waals surface area contributed by atoms with Gasteiger partial charge in [0.1, 0.15) is 5.75 Å². The Balaban J connectivity index is 1.84. The van der Waals surface area contributed by atoms with Gasteiger partial charge in [-0.15, -0.1) is 0 Å². The minimum Gasteiger partial charge on any atom is -0.437 e. The SMILES string of the molecule is O=S(=O)(Nc1cccc(Oc2cnccn2)c1)c1cc(Cl)cc(Cl)c1. The molecular formula is C16H11Cl2N3O3S. The molecule has 0 aliphatic heterocycles. The van der Waals surface area contributed by atoms with Gasteiger partial charge in [0, 0.05) is 28.5 Å². The van der Waals surface area contributed by atoms with E-state index in [0.29, 0.717) is 17.3 Å². The molecule has 0 spiro atoms. The summed E-state index contributed by atoms with van der Waals surface area (Å²) in [5.74, 6) is 0.703. The van der Waals surface area contributed by atoms with Crippen molar-refractivity contribution in [2.24, 2.45) is 0 Å². The van der Waals surface area contributed by atoms with Crippen LogP contribution in [0.15, 0.2) is 66.0 Å². The van der Waals surface area contributed by atoms with Crippen LogP contribution in [0.4, 0.5) is 5.69 Å². The highest BCUT2D eigenvalue weighted by atomic mass is 35.5. The quantitative estimate of drug-likeness (QED) is 0.693. The molecular weight excluding hydrogens is 385 g/mol. The maximum atomic E-state index is 12.5. The van der Waals surface area contributed by atoms with Crippen molar-refractivity contribution in [1.82, 2.24) is 9.97 Å². The van der Waals surface area contributed by atoms with E-state index in [1.54, 1.807) is 18.2 Å². The van der Waals surface area contributed by atoms with Crippen molar-refractivity contribution in [3.05, 3.63) is 71.1 Å². The molecule has 2 aromatic carbocycles. The van der Waals surface area contributed by atoms with Crippen LogP contribution in [0.3, 0.4) is 0 Å². The van der Waals surface area contributed by atoms with Gasteiger partial charge in [-0.05, 0) is 30.3 Å². The van der Waals surface area contributed by atoms with Crippen molar-refractivity contribution in [1.29, 1.82) is 0 Å². The summed E-state index contributed by atoms with van der Waals surface area (Å²) >= 11 is 11.7. The molecule has 0 atom stereocenters. The molecule has 6 nitrogen and oxygen atoms in total. The third kappa shape index (κ3) is 4.60. The number of hydrogen-bond donors (Lipinski definition) is 1. The van der Waals surface area contributed by atoms with Gasteiger partial charge in [-0.25, -0.2) is 13.4 Å². The molecule has 0 saturated carbocycles. The van der Waals surface area contributed by atoms with Gasteiger partial charge >= 0.3 is 0 Å². The van der Waals surface area contributed by atoms with Crippen LogP contribution in [0, 0.1) is 0 Å². The molecule has 0 unspecified atom stereocenters. The molecule has 1 aromatic heterocycles. The standard InChI is InChI=1S/C16H11Cl2N3O3S/c17-11-6-12(18)8-15(7-11)25(22,23)21-13-2-1-3-14(9-13)24-16-10-19-4-5-20-16/h1-10,21H. The molecule has 0 bridgehead atoms. The number of sulfonamides is 1. The smallest absolute Gasteiger partial charge is 0.261 e. The fourth-order valence-electron chi connectivity index (χ4n) is 1.98. The largest absolute Gasteiger partial charge is 0.437 e.